The van der Waals surface area contributed by atoms with Crippen LogP contribution in [-0.2, 0) is 0 Å². The zero-order chi connectivity index (χ0) is 13.1. The van der Waals surface area contributed by atoms with E-state index in [1.165, 1.54) is 31.7 Å². The Balaban J connectivity index is 2.13. The van der Waals surface area contributed by atoms with Crippen molar-refractivity contribution in [1.82, 2.24) is 0 Å². The monoisotopic (exact) mass is 313 g/mol. The van der Waals surface area contributed by atoms with Crippen LogP contribution < -0.4 is 5.32 Å². The van der Waals surface area contributed by atoms with Crippen molar-refractivity contribution in [2.75, 3.05) is 5.32 Å². The molecule has 0 aliphatic heterocycles. The van der Waals surface area contributed by atoms with Gasteiger partial charge in [0.15, 0.2) is 0 Å². The van der Waals surface area contributed by atoms with Crippen molar-refractivity contribution in [1.29, 1.82) is 0 Å². The molecule has 1 nitrogen and oxygen atoms in total. The van der Waals surface area contributed by atoms with E-state index in [4.69, 9.17) is 0 Å². The van der Waals surface area contributed by atoms with Crippen LogP contribution in [0.4, 0.5) is 10.1 Å². The third-order valence-electron chi connectivity index (χ3n) is 3.95. The van der Waals surface area contributed by atoms with Gasteiger partial charge in [-0.1, -0.05) is 26.7 Å². The number of rotatable bonds is 3. The van der Waals surface area contributed by atoms with Gasteiger partial charge < -0.3 is 5.32 Å². The van der Waals surface area contributed by atoms with Gasteiger partial charge in [-0.3, -0.25) is 0 Å². The second kappa shape index (κ2) is 6.05. The van der Waals surface area contributed by atoms with Crippen molar-refractivity contribution in [3.05, 3.63) is 28.5 Å². The van der Waals surface area contributed by atoms with Crippen molar-refractivity contribution < 1.29 is 4.39 Å². The van der Waals surface area contributed by atoms with Gasteiger partial charge in [0.2, 0.25) is 0 Å². The van der Waals surface area contributed by atoms with Crippen LogP contribution >= 0.6 is 15.9 Å². The Labute approximate surface area is 117 Å². The smallest absolute Gasteiger partial charge is 0.125 e. The summed E-state index contributed by atoms with van der Waals surface area (Å²) in [6, 6.07) is 5.30. The Hall–Kier alpha value is -0.570. The van der Waals surface area contributed by atoms with Gasteiger partial charge >= 0.3 is 0 Å². The third-order valence-corrected chi connectivity index (χ3v) is 4.64. The lowest BCUT2D eigenvalue weighted by Crippen LogP contribution is -2.35. The summed E-state index contributed by atoms with van der Waals surface area (Å²) in [4.78, 5) is 0. The van der Waals surface area contributed by atoms with E-state index in [2.05, 4.69) is 35.1 Å². The van der Waals surface area contributed by atoms with Crippen LogP contribution in [0, 0.1) is 17.7 Å². The molecule has 1 aromatic rings. The molecule has 0 aromatic heterocycles. The minimum atomic E-state index is -0.183. The average molecular weight is 314 g/mol. The van der Waals surface area contributed by atoms with Crippen LogP contribution in [0.15, 0.2) is 22.7 Å². The number of halogens is 2. The lowest BCUT2D eigenvalue weighted by molar-refractivity contribution is 0.253. The second-order valence-corrected chi connectivity index (χ2v) is 6.42. The van der Waals surface area contributed by atoms with E-state index in [1.54, 1.807) is 12.1 Å². The zero-order valence-electron chi connectivity index (χ0n) is 11.0. The highest BCUT2D eigenvalue weighted by molar-refractivity contribution is 9.10. The fraction of sp³-hybridized carbons (Fsp3) is 0.600. The molecule has 1 saturated carbocycles. The van der Waals surface area contributed by atoms with Gasteiger partial charge in [-0.15, -0.1) is 0 Å². The zero-order valence-corrected chi connectivity index (χ0v) is 12.6. The van der Waals surface area contributed by atoms with E-state index in [1.807, 2.05) is 0 Å². The summed E-state index contributed by atoms with van der Waals surface area (Å²) in [6.07, 6.45) is 5.06. The van der Waals surface area contributed by atoms with Crippen LogP contribution in [0.5, 0.6) is 0 Å². The van der Waals surface area contributed by atoms with E-state index in [-0.39, 0.29) is 5.82 Å². The summed E-state index contributed by atoms with van der Waals surface area (Å²) in [5, 5.41) is 3.53. The molecule has 0 amide bonds. The standard InChI is InChI=1S/C15H21BrFN/c1-10(2)12-5-3-4-6-14(12)18-15-9-11(17)7-8-13(15)16/h7-10,12,14,18H,3-6H2,1-2H3. The molecule has 0 bridgehead atoms. The SMILES string of the molecule is CC(C)C1CCCCC1Nc1cc(F)ccc1Br. The first-order chi connectivity index (χ1) is 8.58. The molecule has 0 saturated heterocycles. The quantitative estimate of drug-likeness (QED) is 0.807. The lowest BCUT2D eigenvalue weighted by Gasteiger charge is -2.35. The van der Waals surface area contributed by atoms with Crippen LogP contribution in [0.3, 0.4) is 0 Å². The molecule has 2 rings (SSSR count). The molecule has 100 valence electrons. The summed E-state index contributed by atoms with van der Waals surface area (Å²) < 4.78 is 14.2. The van der Waals surface area contributed by atoms with Gasteiger partial charge in [0.05, 0.1) is 5.69 Å². The predicted molar refractivity (Wildman–Crippen MR) is 78.3 cm³/mol. The average Bonchev–Trinajstić information content (AvgIpc) is 2.34. The van der Waals surface area contributed by atoms with Crippen molar-refractivity contribution in [2.24, 2.45) is 11.8 Å². The van der Waals surface area contributed by atoms with Crippen LogP contribution in [0.2, 0.25) is 0 Å². The number of anilines is 1. The van der Waals surface area contributed by atoms with Crippen LogP contribution in [0.1, 0.15) is 39.5 Å². The molecular formula is C15H21BrFN. The van der Waals surface area contributed by atoms with Gasteiger partial charge in [-0.05, 0) is 58.8 Å². The number of hydrogen-bond donors (Lipinski definition) is 1. The predicted octanol–water partition coefficient (Wildman–Crippen LogP) is 5.21. The highest BCUT2D eigenvalue weighted by Crippen LogP contribution is 2.34. The van der Waals surface area contributed by atoms with Crippen LogP contribution in [-0.4, -0.2) is 6.04 Å². The van der Waals surface area contributed by atoms with E-state index in [0.29, 0.717) is 17.9 Å². The Bertz CT molecular complexity index is 405. The molecular weight excluding hydrogens is 293 g/mol. The second-order valence-electron chi connectivity index (χ2n) is 5.57. The molecule has 2 unspecified atom stereocenters. The highest BCUT2D eigenvalue weighted by atomic mass is 79.9. The topological polar surface area (TPSA) is 12.0 Å². The maximum absolute atomic E-state index is 13.3. The Morgan fingerprint density at radius 1 is 1.28 bits per heavy atom. The first-order valence-electron chi connectivity index (χ1n) is 6.79. The number of hydrogen-bond acceptors (Lipinski definition) is 1. The van der Waals surface area contributed by atoms with Crippen molar-refractivity contribution in [2.45, 2.75) is 45.6 Å². The van der Waals surface area contributed by atoms with Gasteiger partial charge in [0.1, 0.15) is 5.82 Å². The van der Waals surface area contributed by atoms with Gasteiger partial charge in [-0.2, -0.15) is 0 Å². The van der Waals surface area contributed by atoms with Gasteiger partial charge in [-0.25, -0.2) is 4.39 Å². The highest BCUT2D eigenvalue weighted by Gasteiger charge is 2.27. The fourth-order valence-electron chi connectivity index (χ4n) is 2.94. The summed E-state index contributed by atoms with van der Waals surface area (Å²) in [5.41, 5.74) is 0.882. The Kier molecular flexibility index (Phi) is 4.66. The normalized spacial score (nSPS) is 24.3. The van der Waals surface area contributed by atoms with E-state index < -0.39 is 0 Å². The molecule has 0 heterocycles. The summed E-state index contributed by atoms with van der Waals surface area (Å²) >= 11 is 3.49. The molecule has 3 heteroatoms. The summed E-state index contributed by atoms with van der Waals surface area (Å²) in [7, 11) is 0. The molecule has 0 spiro atoms. The Morgan fingerprint density at radius 2 is 2.00 bits per heavy atom. The maximum Gasteiger partial charge on any atom is 0.125 e. The van der Waals surface area contributed by atoms with E-state index in [9.17, 15) is 4.39 Å². The molecule has 0 radical (unpaired) electrons. The van der Waals surface area contributed by atoms with E-state index in [0.717, 1.165) is 10.2 Å². The molecule has 18 heavy (non-hydrogen) atoms. The fourth-order valence-corrected chi connectivity index (χ4v) is 3.31. The molecule has 1 fully saturated rings. The molecule has 1 aromatic carbocycles. The van der Waals surface area contributed by atoms with E-state index >= 15 is 0 Å². The maximum atomic E-state index is 13.3. The van der Waals surface area contributed by atoms with Crippen LogP contribution in [0.25, 0.3) is 0 Å². The molecule has 1 aliphatic carbocycles. The molecule has 1 N–H and O–H groups in total. The lowest BCUT2D eigenvalue weighted by atomic mass is 9.78. The third kappa shape index (κ3) is 3.25. The summed E-state index contributed by atoms with van der Waals surface area (Å²) in [5.74, 6) is 1.18. The van der Waals surface area contributed by atoms with Crippen molar-refractivity contribution in [3.63, 3.8) is 0 Å². The number of nitrogens with one attached hydrogen (secondary N) is 1. The number of benzene rings is 1. The first kappa shape index (κ1) is 13.9. The first-order valence-corrected chi connectivity index (χ1v) is 7.59. The Morgan fingerprint density at radius 3 is 2.72 bits per heavy atom. The molecule has 1 aliphatic rings. The van der Waals surface area contributed by atoms with Crippen molar-refractivity contribution >= 4 is 21.6 Å². The summed E-state index contributed by atoms with van der Waals surface area (Å²) in [6.45, 7) is 4.57. The minimum absolute atomic E-state index is 0.183. The van der Waals surface area contributed by atoms with Gasteiger partial charge in [0.25, 0.3) is 0 Å². The van der Waals surface area contributed by atoms with Crippen molar-refractivity contribution in [3.8, 4) is 0 Å². The molecule has 2 atom stereocenters. The van der Waals surface area contributed by atoms with Gasteiger partial charge in [0, 0.05) is 10.5 Å². The largest absolute Gasteiger partial charge is 0.381 e. The minimum Gasteiger partial charge on any atom is -0.381 e.